The molecule has 0 radical (unpaired) electrons. The zero-order valence-electron chi connectivity index (χ0n) is 20.4. The maximum absolute atomic E-state index is 12.9. The Balaban J connectivity index is 1.50. The molecule has 2 heterocycles. The zero-order chi connectivity index (χ0) is 24.8. The van der Waals surface area contributed by atoms with Gasteiger partial charge in [-0.1, -0.05) is 69.2 Å². The Morgan fingerprint density at radius 1 is 0.886 bits per heavy atom. The van der Waals surface area contributed by atoms with Crippen LogP contribution in [0.15, 0.2) is 81.1 Å². The van der Waals surface area contributed by atoms with Crippen molar-refractivity contribution in [3.05, 3.63) is 83.6 Å². The number of rotatable bonds is 8. The molecule has 4 rings (SSSR count). The standard InChI is InChI=1S/C28H34N2O4S/c1-21(2)22-12-14-23(15-13-22)25(30-18-8-3-4-9-19-30)20-29-28(31)26-16-17-27(34-26)35(32,33)24-10-6-5-7-11-24/h5-7,10-17,21,25H,3-4,8-9,18-20H2,1-2H3,(H,29,31). The van der Waals surface area contributed by atoms with Gasteiger partial charge in [0.15, 0.2) is 5.76 Å². The summed E-state index contributed by atoms with van der Waals surface area (Å²) >= 11 is 0. The Labute approximate surface area is 208 Å². The van der Waals surface area contributed by atoms with Gasteiger partial charge >= 0.3 is 0 Å². The molecule has 0 bridgehead atoms. The van der Waals surface area contributed by atoms with Crippen molar-refractivity contribution < 1.29 is 17.6 Å². The summed E-state index contributed by atoms with van der Waals surface area (Å²) in [6.45, 7) is 6.76. The molecule has 1 unspecified atom stereocenters. The van der Waals surface area contributed by atoms with E-state index in [1.54, 1.807) is 18.2 Å². The predicted molar refractivity (Wildman–Crippen MR) is 136 cm³/mol. The van der Waals surface area contributed by atoms with Gasteiger partial charge in [-0.2, -0.15) is 0 Å². The number of carbonyl (C=O) groups is 1. The minimum Gasteiger partial charge on any atom is -0.439 e. The van der Waals surface area contributed by atoms with Crippen molar-refractivity contribution >= 4 is 15.7 Å². The van der Waals surface area contributed by atoms with Gasteiger partial charge in [0.05, 0.1) is 10.9 Å². The van der Waals surface area contributed by atoms with Crippen LogP contribution in [-0.4, -0.2) is 38.9 Å². The molecule has 186 valence electrons. The van der Waals surface area contributed by atoms with Gasteiger partial charge in [0.2, 0.25) is 14.9 Å². The lowest BCUT2D eigenvalue weighted by Gasteiger charge is -2.31. The average molecular weight is 495 g/mol. The molecule has 1 aliphatic rings. The maximum Gasteiger partial charge on any atom is 0.287 e. The highest BCUT2D eigenvalue weighted by Gasteiger charge is 2.26. The highest BCUT2D eigenvalue weighted by Crippen LogP contribution is 2.27. The van der Waals surface area contributed by atoms with Crippen LogP contribution in [0.5, 0.6) is 0 Å². The summed E-state index contributed by atoms with van der Waals surface area (Å²) in [5.74, 6) is 0.0307. The van der Waals surface area contributed by atoms with E-state index >= 15 is 0 Å². The highest BCUT2D eigenvalue weighted by molar-refractivity contribution is 7.91. The lowest BCUT2D eigenvalue weighted by molar-refractivity contribution is 0.0900. The van der Waals surface area contributed by atoms with E-state index in [9.17, 15) is 13.2 Å². The summed E-state index contributed by atoms with van der Waals surface area (Å²) in [5, 5.41) is 2.75. The quantitative estimate of drug-likeness (QED) is 0.442. The van der Waals surface area contributed by atoms with E-state index in [0.717, 1.165) is 25.9 Å². The van der Waals surface area contributed by atoms with Gasteiger partial charge in [-0.25, -0.2) is 8.42 Å². The van der Waals surface area contributed by atoms with E-state index in [2.05, 4.69) is 48.3 Å². The molecule has 1 N–H and O–H groups in total. The molecule has 1 fully saturated rings. The number of hydrogen-bond acceptors (Lipinski definition) is 5. The molecular weight excluding hydrogens is 460 g/mol. The molecular formula is C28H34N2O4S. The molecule has 6 nitrogen and oxygen atoms in total. The monoisotopic (exact) mass is 494 g/mol. The third kappa shape index (κ3) is 6.03. The first-order valence-electron chi connectivity index (χ1n) is 12.4. The van der Waals surface area contributed by atoms with E-state index in [1.807, 2.05) is 0 Å². The number of furan rings is 1. The molecule has 0 spiro atoms. The number of benzene rings is 2. The molecule has 1 amide bonds. The van der Waals surface area contributed by atoms with Crippen molar-refractivity contribution in [2.45, 2.75) is 61.5 Å². The Kier molecular flexibility index (Phi) is 8.08. The topological polar surface area (TPSA) is 79.6 Å². The zero-order valence-corrected chi connectivity index (χ0v) is 21.3. The van der Waals surface area contributed by atoms with Gasteiger partial charge in [0.1, 0.15) is 0 Å². The molecule has 3 aromatic rings. The average Bonchev–Trinajstić information content (AvgIpc) is 3.23. The summed E-state index contributed by atoms with van der Waals surface area (Å²) in [6, 6.07) is 19.5. The first-order chi connectivity index (χ1) is 16.9. The minimum absolute atomic E-state index is 0.00993. The predicted octanol–water partition coefficient (Wildman–Crippen LogP) is 5.58. The van der Waals surface area contributed by atoms with Crippen molar-refractivity contribution in [1.29, 1.82) is 0 Å². The lowest BCUT2D eigenvalue weighted by atomic mass is 9.98. The number of carbonyl (C=O) groups excluding carboxylic acids is 1. The van der Waals surface area contributed by atoms with Gasteiger partial charge in [-0.3, -0.25) is 9.69 Å². The van der Waals surface area contributed by atoms with Crippen LogP contribution < -0.4 is 5.32 Å². The molecule has 1 aliphatic heterocycles. The van der Waals surface area contributed by atoms with Crippen LogP contribution >= 0.6 is 0 Å². The van der Waals surface area contributed by atoms with Crippen molar-refractivity contribution in [3.8, 4) is 0 Å². The number of likely N-dealkylation sites (tertiary alicyclic amines) is 1. The molecule has 0 aliphatic carbocycles. The van der Waals surface area contributed by atoms with Crippen molar-refractivity contribution in [2.75, 3.05) is 19.6 Å². The Morgan fingerprint density at radius 2 is 1.51 bits per heavy atom. The number of nitrogens with one attached hydrogen (secondary N) is 1. The smallest absolute Gasteiger partial charge is 0.287 e. The molecule has 1 atom stereocenters. The highest BCUT2D eigenvalue weighted by atomic mass is 32.2. The third-order valence-corrected chi connectivity index (χ3v) is 8.29. The van der Waals surface area contributed by atoms with E-state index in [-0.39, 0.29) is 21.8 Å². The van der Waals surface area contributed by atoms with Crippen LogP contribution in [-0.2, 0) is 9.84 Å². The van der Waals surface area contributed by atoms with Crippen LogP contribution in [0.25, 0.3) is 0 Å². The van der Waals surface area contributed by atoms with Gasteiger partial charge in [-0.15, -0.1) is 0 Å². The number of hydrogen-bond donors (Lipinski definition) is 1. The number of amides is 1. The molecule has 2 aromatic carbocycles. The van der Waals surface area contributed by atoms with Gasteiger partial charge < -0.3 is 9.73 Å². The Bertz CT molecular complexity index is 1210. The van der Waals surface area contributed by atoms with Gasteiger partial charge in [0, 0.05) is 6.54 Å². The van der Waals surface area contributed by atoms with Crippen molar-refractivity contribution in [2.24, 2.45) is 0 Å². The first-order valence-corrected chi connectivity index (χ1v) is 13.9. The lowest BCUT2D eigenvalue weighted by Crippen LogP contribution is -2.38. The number of nitrogens with zero attached hydrogens (tertiary/aromatic N) is 1. The fraction of sp³-hybridized carbons (Fsp3) is 0.393. The number of sulfone groups is 1. The molecule has 7 heteroatoms. The van der Waals surface area contributed by atoms with Crippen LogP contribution in [0.4, 0.5) is 0 Å². The fourth-order valence-corrected chi connectivity index (χ4v) is 5.74. The van der Waals surface area contributed by atoms with E-state index in [4.69, 9.17) is 4.42 Å². The van der Waals surface area contributed by atoms with Crippen LogP contribution in [0, 0.1) is 0 Å². The summed E-state index contributed by atoms with van der Waals surface area (Å²) in [5.41, 5.74) is 2.46. The molecule has 0 saturated carbocycles. The summed E-state index contributed by atoms with van der Waals surface area (Å²) in [6.07, 6.45) is 4.75. The van der Waals surface area contributed by atoms with Crippen molar-refractivity contribution in [3.63, 3.8) is 0 Å². The fourth-order valence-electron chi connectivity index (χ4n) is 4.55. The largest absolute Gasteiger partial charge is 0.439 e. The van der Waals surface area contributed by atoms with E-state index < -0.39 is 15.7 Å². The summed E-state index contributed by atoms with van der Waals surface area (Å²) in [7, 11) is -3.81. The van der Waals surface area contributed by atoms with Crippen molar-refractivity contribution in [1.82, 2.24) is 10.2 Å². The van der Waals surface area contributed by atoms with Crippen LogP contribution in [0.2, 0.25) is 0 Å². The second-order valence-electron chi connectivity index (χ2n) is 9.43. The molecule has 1 saturated heterocycles. The summed E-state index contributed by atoms with van der Waals surface area (Å²) in [4.78, 5) is 15.5. The second-order valence-corrected chi connectivity index (χ2v) is 11.3. The first kappa shape index (κ1) is 25.2. The summed E-state index contributed by atoms with van der Waals surface area (Å²) < 4.78 is 31.1. The Morgan fingerprint density at radius 3 is 2.14 bits per heavy atom. The van der Waals surface area contributed by atoms with E-state index in [0.29, 0.717) is 12.5 Å². The Hall–Kier alpha value is -2.90. The van der Waals surface area contributed by atoms with Crippen LogP contribution in [0.3, 0.4) is 0 Å². The third-order valence-electron chi connectivity index (χ3n) is 6.65. The second kappa shape index (κ2) is 11.2. The van der Waals surface area contributed by atoms with E-state index in [1.165, 1.54) is 48.2 Å². The maximum atomic E-state index is 12.9. The SMILES string of the molecule is CC(C)c1ccc(C(CNC(=O)c2ccc(S(=O)(=O)c3ccccc3)o2)N2CCCCCC2)cc1. The van der Waals surface area contributed by atoms with Crippen LogP contribution in [0.1, 0.15) is 73.2 Å². The molecule has 1 aromatic heterocycles. The van der Waals surface area contributed by atoms with Gasteiger partial charge in [0.25, 0.3) is 5.91 Å². The minimum atomic E-state index is -3.81. The normalized spacial score (nSPS) is 16.1. The van der Waals surface area contributed by atoms with Gasteiger partial charge in [-0.05, 0) is 67.2 Å². The molecule has 35 heavy (non-hydrogen) atoms.